The molecule has 0 spiro atoms. The van der Waals surface area contributed by atoms with E-state index in [1.807, 2.05) is 17.7 Å². The molecule has 0 aliphatic carbocycles. The maximum absolute atomic E-state index is 12.6. The molecule has 0 amide bonds. The fraction of sp³-hybridized carbons (Fsp3) is 0.438. The number of nitrogens with zero attached hydrogens (tertiary/aromatic N) is 2. The van der Waals surface area contributed by atoms with Gasteiger partial charge in [0.1, 0.15) is 10.9 Å². The van der Waals surface area contributed by atoms with Crippen molar-refractivity contribution in [2.24, 2.45) is 0 Å². The number of hydrogen-bond acceptors (Lipinski definition) is 2. The van der Waals surface area contributed by atoms with Gasteiger partial charge in [0, 0.05) is 13.1 Å². The summed E-state index contributed by atoms with van der Waals surface area (Å²) in [5.41, 5.74) is 1.23. The van der Waals surface area contributed by atoms with Gasteiger partial charge < -0.3 is 4.74 Å². The van der Waals surface area contributed by atoms with Crippen LogP contribution in [0.3, 0.4) is 0 Å². The molecule has 1 aliphatic heterocycles. The summed E-state index contributed by atoms with van der Waals surface area (Å²) in [6.07, 6.45) is 2.94. The van der Waals surface area contributed by atoms with Crippen LogP contribution in [0, 0.1) is 0 Å². The van der Waals surface area contributed by atoms with Crippen LogP contribution in [0.2, 0.25) is 10.2 Å². The topological polar surface area (TPSA) is 36.2 Å². The van der Waals surface area contributed by atoms with E-state index in [0.29, 0.717) is 34.6 Å². The number of fused-ring (bicyclic) bond motifs is 1. The minimum Gasteiger partial charge on any atom is -0.492 e. The first kappa shape index (κ1) is 15.5. The Labute approximate surface area is 139 Å². The summed E-state index contributed by atoms with van der Waals surface area (Å²) in [6.45, 7) is 4.11. The summed E-state index contributed by atoms with van der Waals surface area (Å²) < 4.78 is 9.23. The van der Waals surface area contributed by atoms with E-state index in [1.165, 1.54) is 0 Å². The van der Waals surface area contributed by atoms with Crippen molar-refractivity contribution in [1.82, 2.24) is 9.36 Å². The molecule has 1 aromatic carbocycles. The number of halogens is 2. The van der Waals surface area contributed by atoms with Crippen molar-refractivity contribution in [1.29, 1.82) is 0 Å². The number of aromatic nitrogens is 2. The third-order valence-corrected chi connectivity index (χ3v) is 4.54. The van der Waals surface area contributed by atoms with Gasteiger partial charge in [-0.1, -0.05) is 36.2 Å². The molecule has 0 saturated carbocycles. The molecule has 0 atom stereocenters. The second-order valence-corrected chi connectivity index (χ2v) is 6.18. The van der Waals surface area contributed by atoms with E-state index in [9.17, 15) is 4.79 Å². The number of ether oxygens (including phenoxy) is 1. The smallest absolute Gasteiger partial charge is 0.276 e. The molecule has 0 saturated heterocycles. The lowest BCUT2D eigenvalue weighted by molar-refractivity contribution is 0.318. The standard InChI is InChI=1S/C16H18Cl2N2O2/c1-2-9-22-13-10-11(5-6-12(13)17)14-15(18)19-7-3-4-8-20(19)16(14)21/h5-6,10H,2-4,7-9H2,1H3. The van der Waals surface area contributed by atoms with E-state index < -0.39 is 0 Å². The van der Waals surface area contributed by atoms with Crippen LogP contribution in [0.15, 0.2) is 23.0 Å². The van der Waals surface area contributed by atoms with Crippen LogP contribution in [0.1, 0.15) is 26.2 Å². The molecule has 118 valence electrons. The molecule has 0 fully saturated rings. The largest absolute Gasteiger partial charge is 0.492 e. The zero-order chi connectivity index (χ0) is 15.7. The SMILES string of the molecule is CCCOc1cc(-c2c(Cl)n3n(c2=O)CCCC3)ccc1Cl. The summed E-state index contributed by atoms with van der Waals surface area (Å²) >= 11 is 12.6. The Bertz CT molecular complexity index is 749. The van der Waals surface area contributed by atoms with Gasteiger partial charge in [-0.05, 0) is 37.0 Å². The molecule has 0 radical (unpaired) electrons. The molecule has 0 N–H and O–H groups in total. The van der Waals surface area contributed by atoms with Gasteiger partial charge in [-0.2, -0.15) is 0 Å². The predicted molar refractivity (Wildman–Crippen MR) is 89.2 cm³/mol. The highest BCUT2D eigenvalue weighted by Crippen LogP contribution is 2.33. The third-order valence-electron chi connectivity index (χ3n) is 3.84. The van der Waals surface area contributed by atoms with E-state index >= 15 is 0 Å². The van der Waals surface area contributed by atoms with E-state index in [1.54, 1.807) is 16.8 Å². The third kappa shape index (κ3) is 2.66. The van der Waals surface area contributed by atoms with E-state index in [-0.39, 0.29) is 5.56 Å². The van der Waals surface area contributed by atoms with Crippen LogP contribution < -0.4 is 10.3 Å². The van der Waals surface area contributed by atoms with Gasteiger partial charge in [0.25, 0.3) is 5.56 Å². The van der Waals surface area contributed by atoms with Crippen molar-refractivity contribution in [3.63, 3.8) is 0 Å². The summed E-state index contributed by atoms with van der Waals surface area (Å²) in [5, 5.41) is 1.03. The van der Waals surface area contributed by atoms with Crippen molar-refractivity contribution in [2.75, 3.05) is 6.61 Å². The maximum atomic E-state index is 12.6. The molecule has 1 aromatic heterocycles. The molecule has 0 unspecified atom stereocenters. The van der Waals surface area contributed by atoms with Gasteiger partial charge in [-0.25, -0.2) is 4.68 Å². The molecule has 2 heterocycles. The van der Waals surface area contributed by atoms with Crippen molar-refractivity contribution in [3.8, 4) is 16.9 Å². The maximum Gasteiger partial charge on any atom is 0.276 e. The molecule has 3 rings (SSSR count). The Morgan fingerprint density at radius 1 is 1.18 bits per heavy atom. The summed E-state index contributed by atoms with van der Waals surface area (Å²) in [6, 6.07) is 5.36. The van der Waals surface area contributed by atoms with Crippen LogP contribution in [0.4, 0.5) is 0 Å². The highest BCUT2D eigenvalue weighted by atomic mass is 35.5. The van der Waals surface area contributed by atoms with Gasteiger partial charge in [0.15, 0.2) is 0 Å². The Hall–Kier alpha value is -1.39. The fourth-order valence-corrected chi connectivity index (χ4v) is 3.29. The number of benzene rings is 1. The monoisotopic (exact) mass is 340 g/mol. The highest BCUT2D eigenvalue weighted by Gasteiger charge is 2.22. The highest BCUT2D eigenvalue weighted by molar-refractivity contribution is 6.33. The zero-order valence-electron chi connectivity index (χ0n) is 12.4. The first-order valence-corrected chi connectivity index (χ1v) is 8.31. The lowest BCUT2D eigenvalue weighted by Gasteiger charge is -2.17. The number of rotatable bonds is 4. The molecule has 1 aliphatic rings. The summed E-state index contributed by atoms with van der Waals surface area (Å²) in [7, 11) is 0. The Morgan fingerprint density at radius 2 is 1.91 bits per heavy atom. The van der Waals surface area contributed by atoms with Gasteiger partial charge in [-0.3, -0.25) is 9.48 Å². The van der Waals surface area contributed by atoms with E-state index in [2.05, 4.69) is 0 Å². The minimum absolute atomic E-state index is 0.0477. The second kappa shape index (κ2) is 6.39. The first-order chi connectivity index (χ1) is 10.6. The molecule has 6 heteroatoms. The van der Waals surface area contributed by atoms with Crippen LogP contribution in [-0.2, 0) is 13.1 Å². The van der Waals surface area contributed by atoms with Crippen molar-refractivity contribution >= 4 is 23.2 Å². The first-order valence-electron chi connectivity index (χ1n) is 7.55. The summed E-state index contributed by atoms with van der Waals surface area (Å²) in [4.78, 5) is 12.6. The average Bonchev–Trinajstić information content (AvgIpc) is 2.79. The van der Waals surface area contributed by atoms with Gasteiger partial charge in [0.05, 0.1) is 17.2 Å². The van der Waals surface area contributed by atoms with Crippen LogP contribution in [0.5, 0.6) is 5.75 Å². The quantitative estimate of drug-likeness (QED) is 0.835. The summed E-state index contributed by atoms with van der Waals surface area (Å²) in [5.74, 6) is 0.589. The second-order valence-electron chi connectivity index (χ2n) is 5.42. The minimum atomic E-state index is -0.0477. The van der Waals surface area contributed by atoms with E-state index in [0.717, 1.165) is 31.4 Å². The van der Waals surface area contributed by atoms with Crippen molar-refractivity contribution in [2.45, 2.75) is 39.3 Å². The van der Waals surface area contributed by atoms with Crippen LogP contribution in [-0.4, -0.2) is 16.0 Å². The molecule has 22 heavy (non-hydrogen) atoms. The molecular weight excluding hydrogens is 323 g/mol. The lowest BCUT2D eigenvalue weighted by atomic mass is 10.1. The Kier molecular flexibility index (Phi) is 4.50. The molecule has 4 nitrogen and oxygen atoms in total. The predicted octanol–water partition coefficient (Wildman–Crippen LogP) is 4.21. The van der Waals surface area contributed by atoms with Crippen molar-refractivity contribution < 1.29 is 4.74 Å². The van der Waals surface area contributed by atoms with Gasteiger partial charge >= 0.3 is 0 Å². The van der Waals surface area contributed by atoms with Gasteiger partial charge in [0.2, 0.25) is 0 Å². The normalized spacial score (nSPS) is 14.0. The van der Waals surface area contributed by atoms with Gasteiger partial charge in [-0.15, -0.1) is 0 Å². The Morgan fingerprint density at radius 3 is 2.59 bits per heavy atom. The zero-order valence-corrected chi connectivity index (χ0v) is 14.0. The molecular formula is C16H18Cl2N2O2. The lowest BCUT2D eigenvalue weighted by Crippen LogP contribution is -2.27. The fourth-order valence-electron chi connectivity index (χ4n) is 2.75. The Balaban J connectivity index is 2.08. The van der Waals surface area contributed by atoms with Crippen LogP contribution >= 0.6 is 23.2 Å². The van der Waals surface area contributed by atoms with Crippen molar-refractivity contribution in [3.05, 3.63) is 38.7 Å². The average molecular weight is 341 g/mol. The number of hydrogen-bond donors (Lipinski definition) is 0. The molecule has 0 bridgehead atoms. The molecule has 2 aromatic rings. The van der Waals surface area contributed by atoms with E-state index in [4.69, 9.17) is 27.9 Å². The van der Waals surface area contributed by atoms with Crippen LogP contribution in [0.25, 0.3) is 11.1 Å².